The Balaban J connectivity index is 3.08. The summed E-state index contributed by atoms with van der Waals surface area (Å²) in [7, 11) is 0. The van der Waals surface area contributed by atoms with Gasteiger partial charge in [-0.25, -0.2) is 4.98 Å². The van der Waals surface area contributed by atoms with Crippen LogP contribution in [0.3, 0.4) is 0 Å². The zero-order valence-electron chi connectivity index (χ0n) is 10.1. The van der Waals surface area contributed by atoms with Crippen LogP contribution in [0.15, 0.2) is 0 Å². The average Bonchev–Trinajstić information content (AvgIpc) is 2.45. The molecule has 0 aliphatic heterocycles. The maximum absolute atomic E-state index is 9.05. The molecule has 3 heteroatoms. The molecule has 1 aromatic rings. The molecule has 0 aliphatic rings. The largest absolute Gasteiger partial charge is 0.244 e. The van der Waals surface area contributed by atoms with Crippen molar-refractivity contribution in [1.29, 1.82) is 5.26 Å². The molecule has 0 atom stereocenters. The van der Waals surface area contributed by atoms with Gasteiger partial charge < -0.3 is 0 Å². The number of hydrogen-bond donors (Lipinski definition) is 0. The van der Waals surface area contributed by atoms with Crippen molar-refractivity contribution in [1.82, 2.24) is 4.98 Å². The highest BCUT2D eigenvalue weighted by Crippen LogP contribution is 2.29. The van der Waals surface area contributed by atoms with E-state index in [4.69, 9.17) is 5.26 Å². The van der Waals surface area contributed by atoms with E-state index >= 15 is 0 Å². The van der Waals surface area contributed by atoms with Crippen molar-refractivity contribution in [2.24, 2.45) is 5.92 Å². The molecule has 0 fully saturated rings. The molecule has 0 aromatic carbocycles. The van der Waals surface area contributed by atoms with E-state index in [0.29, 0.717) is 5.92 Å². The highest BCUT2D eigenvalue weighted by atomic mass is 32.1. The quantitative estimate of drug-likeness (QED) is 0.767. The minimum absolute atomic E-state index is 0.0310. The molecule has 2 nitrogen and oxygen atoms in total. The molecule has 1 heterocycles. The van der Waals surface area contributed by atoms with Crippen LogP contribution in [0.4, 0.5) is 0 Å². The van der Waals surface area contributed by atoms with Crippen molar-refractivity contribution in [3.63, 3.8) is 0 Å². The molecule has 0 unspecified atom stereocenters. The van der Waals surface area contributed by atoms with Gasteiger partial charge in [0.2, 0.25) is 0 Å². The van der Waals surface area contributed by atoms with Gasteiger partial charge in [-0.05, 0) is 5.92 Å². The second kappa shape index (κ2) is 4.32. The summed E-state index contributed by atoms with van der Waals surface area (Å²) < 4.78 is 0. The summed E-state index contributed by atoms with van der Waals surface area (Å²) in [6.45, 7) is 10.6. The van der Waals surface area contributed by atoms with Crippen molar-refractivity contribution in [3.05, 3.63) is 15.6 Å². The maximum Gasteiger partial charge on any atom is 0.128 e. The first-order valence-electron chi connectivity index (χ1n) is 5.25. The second-order valence-electron chi connectivity index (χ2n) is 5.25. The summed E-state index contributed by atoms with van der Waals surface area (Å²) in [4.78, 5) is 5.36. The minimum Gasteiger partial charge on any atom is -0.244 e. The highest BCUT2D eigenvalue weighted by molar-refractivity contribution is 7.12. The molecular weight excluding hydrogens is 204 g/mol. The Morgan fingerprint density at radius 2 is 2.00 bits per heavy atom. The van der Waals surface area contributed by atoms with Crippen LogP contribution in [0.1, 0.15) is 50.2 Å². The van der Waals surface area contributed by atoms with Gasteiger partial charge in [-0.15, -0.1) is 11.3 Å². The van der Waals surface area contributed by atoms with E-state index in [1.807, 2.05) is 0 Å². The van der Waals surface area contributed by atoms with Crippen molar-refractivity contribution in [2.75, 3.05) is 0 Å². The second-order valence-corrected chi connectivity index (χ2v) is 6.33. The average molecular weight is 222 g/mol. The van der Waals surface area contributed by atoms with E-state index in [0.717, 1.165) is 22.0 Å². The molecule has 0 saturated carbocycles. The summed E-state index contributed by atoms with van der Waals surface area (Å²) in [6, 6.07) is 2.25. The van der Waals surface area contributed by atoms with Gasteiger partial charge in [-0.1, -0.05) is 34.6 Å². The Morgan fingerprint density at radius 3 is 2.33 bits per heavy atom. The number of nitrogens with zero attached hydrogens (tertiary/aromatic N) is 2. The predicted octanol–water partition coefficient (Wildman–Crippen LogP) is 3.51. The maximum atomic E-state index is 9.05. The van der Waals surface area contributed by atoms with Crippen molar-refractivity contribution in [2.45, 2.75) is 46.5 Å². The first kappa shape index (κ1) is 12.2. The molecule has 0 amide bonds. The lowest BCUT2D eigenvalue weighted by molar-refractivity contribution is 0.564. The van der Waals surface area contributed by atoms with Crippen LogP contribution in [0.5, 0.6) is 0 Å². The van der Waals surface area contributed by atoms with E-state index in [9.17, 15) is 0 Å². The van der Waals surface area contributed by atoms with Crippen molar-refractivity contribution >= 4 is 11.3 Å². The Bertz CT molecular complexity index is 377. The van der Waals surface area contributed by atoms with Crippen LogP contribution in [-0.2, 0) is 11.8 Å². The first-order valence-corrected chi connectivity index (χ1v) is 6.06. The molecule has 82 valence electrons. The normalized spacial score (nSPS) is 11.8. The fraction of sp³-hybridized carbons (Fsp3) is 0.667. The Kier molecular flexibility index (Phi) is 3.51. The zero-order chi connectivity index (χ0) is 11.6. The summed E-state index contributed by atoms with van der Waals surface area (Å²) in [5.74, 6) is 0.593. The van der Waals surface area contributed by atoms with Gasteiger partial charge in [0.25, 0.3) is 0 Å². The lowest BCUT2D eigenvalue weighted by Gasteiger charge is -2.15. The fourth-order valence-electron chi connectivity index (χ4n) is 1.39. The molecule has 0 saturated heterocycles. The van der Waals surface area contributed by atoms with Gasteiger partial charge in [-0.3, -0.25) is 0 Å². The van der Waals surface area contributed by atoms with Gasteiger partial charge in [0.05, 0.1) is 10.7 Å². The fourth-order valence-corrected chi connectivity index (χ4v) is 2.67. The lowest BCUT2D eigenvalue weighted by atomic mass is 9.91. The van der Waals surface area contributed by atoms with Crippen LogP contribution < -0.4 is 0 Å². The number of thiazole rings is 1. The summed E-state index contributed by atoms with van der Waals surface area (Å²) in [6.07, 6.45) is 0.968. The summed E-state index contributed by atoms with van der Waals surface area (Å²) in [5, 5.41) is 10.1. The Labute approximate surface area is 96.0 Å². The van der Waals surface area contributed by atoms with Gasteiger partial charge >= 0.3 is 0 Å². The minimum atomic E-state index is -0.0310. The predicted molar refractivity (Wildman–Crippen MR) is 64.1 cm³/mol. The monoisotopic (exact) mass is 222 g/mol. The molecule has 0 radical (unpaired) electrons. The van der Waals surface area contributed by atoms with Gasteiger partial charge in [0.1, 0.15) is 10.9 Å². The molecular formula is C12H18N2S. The molecule has 15 heavy (non-hydrogen) atoms. The van der Waals surface area contributed by atoms with Crippen LogP contribution in [0, 0.1) is 17.2 Å². The standard InChI is InChI=1S/C12H18N2S/c1-8(2)6-10-14-11(12(3,4)5)9(7-13)15-10/h8H,6H2,1-5H3. The third-order valence-corrected chi connectivity index (χ3v) is 3.05. The lowest BCUT2D eigenvalue weighted by Crippen LogP contribution is -2.13. The van der Waals surface area contributed by atoms with Gasteiger partial charge in [0.15, 0.2) is 0 Å². The summed E-state index contributed by atoms with van der Waals surface area (Å²) >= 11 is 1.54. The molecule has 0 bridgehead atoms. The molecule has 0 aliphatic carbocycles. The Morgan fingerprint density at radius 1 is 1.40 bits per heavy atom. The van der Waals surface area contributed by atoms with Gasteiger partial charge in [0, 0.05) is 11.8 Å². The highest BCUT2D eigenvalue weighted by Gasteiger charge is 2.23. The number of hydrogen-bond acceptors (Lipinski definition) is 3. The molecule has 0 N–H and O–H groups in total. The van der Waals surface area contributed by atoms with Crippen LogP contribution in [-0.4, -0.2) is 4.98 Å². The zero-order valence-corrected chi connectivity index (χ0v) is 10.9. The number of rotatable bonds is 2. The summed E-state index contributed by atoms with van der Waals surface area (Å²) in [5.41, 5.74) is 0.919. The topological polar surface area (TPSA) is 36.7 Å². The smallest absolute Gasteiger partial charge is 0.128 e. The molecule has 0 spiro atoms. The van der Waals surface area contributed by atoms with Gasteiger partial charge in [-0.2, -0.15) is 5.26 Å². The third kappa shape index (κ3) is 3.04. The van der Waals surface area contributed by atoms with E-state index in [2.05, 4.69) is 45.7 Å². The van der Waals surface area contributed by atoms with Crippen LogP contribution in [0.2, 0.25) is 0 Å². The number of nitriles is 1. The van der Waals surface area contributed by atoms with Crippen LogP contribution in [0.25, 0.3) is 0 Å². The van der Waals surface area contributed by atoms with E-state index in [-0.39, 0.29) is 5.41 Å². The SMILES string of the molecule is CC(C)Cc1nc(C(C)(C)C)c(C#N)s1. The molecule has 1 rings (SSSR count). The third-order valence-electron chi connectivity index (χ3n) is 2.07. The van der Waals surface area contributed by atoms with Crippen molar-refractivity contribution < 1.29 is 0 Å². The Hall–Kier alpha value is -0.880. The van der Waals surface area contributed by atoms with E-state index < -0.39 is 0 Å². The molecule has 1 aromatic heterocycles. The first-order chi connectivity index (χ1) is 6.84. The van der Waals surface area contributed by atoms with E-state index in [1.54, 1.807) is 11.3 Å². The van der Waals surface area contributed by atoms with E-state index in [1.165, 1.54) is 0 Å². The van der Waals surface area contributed by atoms with Crippen molar-refractivity contribution in [3.8, 4) is 6.07 Å². The van der Waals surface area contributed by atoms with Crippen LogP contribution >= 0.6 is 11.3 Å². The number of aromatic nitrogens is 1.